The molecule has 2 aromatic carbocycles. The Labute approximate surface area is 284 Å². The third kappa shape index (κ3) is 8.39. The van der Waals surface area contributed by atoms with Gasteiger partial charge >= 0.3 is 11.8 Å². The first-order valence-corrected chi connectivity index (χ1v) is 16.3. The van der Waals surface area contributed by atoms with Gasteiger partial charge in [-0.2, -0.15) is 5.26 Å². The lowest BCUT2D eigenvalue weighted by Crippen LogP contribution is -2.50. The number of hydrogen-bond acceptors (Lipinski definition) is 8. The van der Waals surface area contributed by atoms with Gasteiger partial charge in [-0.25, -0.2) is 13.8 Å². The van der Waals surface area contributed by atoms with Crippen molar-refractivity contribution in [2.24, 2.45) is 0 Å². The summed E-state index contributed by atoms with van der Waals surface area (Å²) in [6, 6.07) is 14.4. The van der Waals surface area contributed by atoms with E-state index in [1.54, 1.807) is 24.3 Å². The maximum absolute atomic E-state index is 14.3. The minimum atomic E-state index is -1.09. The molecule has 1 aliphatic heterocycles. The SMILES string of the molecule is C=CC(=O)Nc1cc(N(C(=O)C(=O)NCc2cccc(F)c2F)C2CCC(Nc3ccc(C#N)cn3)CC2)ccc1N1CCN(C)[C@@H](C)C1. The Hall–Kier alpha value is -5.35. The third-order valence-corrected chi connectivity index (χ3v) is 9.19. The van der Waals surface area contributed by atoms with Crippen LogP contribution in [0.2, 0.25) is 0 Å². The van der Waals surface area contributed by atoms with E-state index in [9.17, 15) is 23.2 Å². The van der Waals surface area contributed by atoms with Gasteiger partial charge in [0, 0.05) is 61.8 Å². The summed E-state index contributed by atoms with van der Waals surface area (Å²) in [5, 5.41) is 17.8. The molecule has 0 bridgehead atoms. The molecule has 0 spiro atoms. The monoisotopic (exact) mass is 670 g/mol. The van der Waals surface area contributed by atoms with Crippen LogP contribution in [0.3, 0.4) is 0 Å². The van der Waals surface area contributed by atoms with Gasteiger partial charge in [-0.05, 0) is 82.1 Å². The summed E-state index contributed by atoms with van der Waals surface area (Å²) in [5.41, 5.74) is 2.03. The predicted octanol–water partition coefficient (Wildman–Crippen LogP) is 4.57. The van der Waals surface area contributed by atoms with Crippen molar-refractivity contribution in [2.45, 2.75) is 57.3 Å². The number of nitriles is 1. The van der Waals surface area contributed by atoms with Gasteiger partial charge < -0.3 is 30.7 Å². The van der Waals surface area contributed by atoms with Crippen LogP contribution in [0, 0.1) is 23.0 Å². The molecule has 256 valence electrons. The van der Waals surface area contributed by atoms with Gasteiger partial charge in [-0.15, -0.1) is 0 Å². The van der Waals surface area contributed by atoms with Crippen LogP contribution in [0.4, 0.5) is 31.7 Å². The van der Waals surface area contributed by atoms with Crippen molar-refractivity contribution in [3.05, 3.63) is 90.1 Å². The molecule has 0 unspecified atom stereocenters. The number of nitrogens with zero attached hydrogens (tertiary/aromatic N) is 5. The molecule has 1 aromatic heterocycles. The lowest BCUT2D eigenvalue weighted by molar-refractivity contribution is -0.138. The van der Waals surface area contributed by atoms with Crippen molar-refractivity contribution >= 4 is 40.6 Å². The zero-order chi connectivity index (χ0) is 35.1. The van der Waals surface area contributed by atoms with Crippen LogP contribution in [-0.2, 0) is 20.9 Å². The van der Waals surface area contributed by atoms with Crippen LogP contribution >= 0.6 is 0 Å². The molecule has 2 aliphatic rings. The van der Waals surface area contributed by atoms with Gasteiger partial charge in [0.1, 0.15) is 11.9 Å². The Morgan fingerprint density at radius 2 is 1.88 bits per heavy atom. The van der Waals surface area contributed by atoms with Crippen molar-refractivity contribution in [1.29, 1.82) is 5.26 Å². The molecule has 0 radical (unpaired) electrons. The molecule has 3 aromatic rings. The minimum absolute atomic E-state index is 0.0439. The first-order valence-electron chi connectivity index (χ1n) is 16.3. The van der Waals surface area contributed by atoms with Gasteiger partial charge in [0.2, 0.25) is 5.91 Å². The first kappa shape index (κ1) is 35.0. The van der Waals surface area contributed by atoms with E-state index >= 15 is 0 Å². The van der Waals surface area contributed by atoms with E-state index in [1.807, 2.05) is 12.1 Å². The molecule has 1 saturated carbocycles. The van der Waals surface area contributed by atoms with Crippen LogP contribution in [0.5, 0.6) is 0 Å². The number of pyridine rings is 1. The fraction of sp³-hybridized carbons (Fsp3) is 0.361. The highest BCUT2D eigenvalue weighted by atomic mass is 19.2. The molecule has 49 heavy (non-hydrogen) atoms. The number of rotatable bonds is 9. The van der Waals surface area contributed by atoms with Gasteiger partial charge in [0.25, 0.3) is 0 Å². The molecule has 5 rings (SSSR count). The second-order valence-corrected chi connectivity index (χ2v) is 12.4. The number of piperazine rings is 1. The number of carbonyl (C=O) groups excluding carboxylic acids is 3. The molecular formula is C36H40F2N8O3. The number of carbonyl (C=O) groups is 3. The second-order valence-electron chi connectivity index (χ2n) is 12.4. The lowest BCUT2D eigenvalue weighted by atomic mass is 9.89. The van der Waals surface area contributed by atoms with Crippen LogP contribution in [-0.4, -0.2) is 72.4 Å². The van der Waals surface area contributed by atoms with Crippen molar-refractivity contribution in [2.75, 3.05) is 47.1 Å². The zero-order valence-electron chi connectivity index (χ0n) is 27.6. The molecule has 1 aliphatic carbocycles. The van der Waals surface area contributed by atoms with Crippen molar-refractivity contribution in [3.63, 3.8) is 0 Å². The van der Waals surface area contributed by atoms with Gasteiger partial charge in [-0.1, -0.05) is 18.7 Å². The lowest BCUT2D eigenvalue weighted by Gasteiger charge is -2.40. The van der Waals surface area contributed by atoms with E-state index in [-0.39, 0.29) is 30.2 Å². The normalized spacial score (nSPS) is 19.3. The van der Waals surface area contributed by atoms with Crippen LogP contribution < -0.4 is 25.8 Å². The number of nitrogens with one attached hydrogen (secondary N) is 3. The Morgan fingerprint density at radius 3 is 2.55 bits per heavy atom. The minimum Gasteiger partial charge on any atom is -0.367 e. The summed E-state index contributed by atoms with van der Waals surface area (Å²) < 4.78 is 28.1. The van der Waals surface area contributed by atoms with E-state index in [2.05, 4.69) is 51.3 Å². The summed E-state index contributed by atoms with van der Waals surface area (Å²) >= 11 is 0. The molecule has 3 N–H and O–H groups in total. The Morgan fingerprint density at radius 1 is 1.10 bits per heavy atom. The first-order chi connectivity index (χ1) is 23.6. The number of halogens is 2. The largest absolute Gasteiger partial charge is 0.367 e. The van der Waals surface area contributed by atoms with E-state index in [0.717, 1.165) is 31.4 Å². The molecule has 1 atom stereocenters. The van der Waals surface area contributed by atoms with Gasteiger partial charge in [0.05, 0.1) is 16.9 Å². The summed E-state index contributed by atoms with van der Waals surface area (Å²) in [4.78, 5) is 50.1. The maximum atomic E-state index is 14.3. The van der Waals surface area contributed by atoms with E-state index in [0.29, 0.717) is 48.4 Å². The Balaban J connectivity index is 1.41. The molecular weight excluding hydrogens is 630 g/mol. The predicted molar refractivity (Wildman–Crippen MR) is 184 cm³/mol. The molecule has 11 nitrogen and oxygen atoms in total. The zero-order valence-corrected chi connectivity index (χ0v) is 27.6. The van der Waals surface area contributed by atoms with Crippen molar-refractivity contribution < 1.29 is 23.2 Å². The van der Waals surface area contributed by atoms with Crippen LogP contribution in [0.15, 0.2) is 67.4 Å². The highest BCUT2D eigenvalue weighted by molar-refractivity contribution is 6.40. The van der Waals surface area contributed by atoms with Crippen molar-refractivity contribution in [1.82, 2.24) is 15.2 Å². The molecule has 13 heteroatoms. The average molecular weight is 671 g/mol. The van der Waals surface area contributed by atoms with Gasteiger partial charge in [0.15, 0.2) is 11.6 Å². The van der Waals surface area contributed by atoms with E-state index < -0.39 is 29.4 Å². The average Bonchev–Trinajstić information content (AvgIpc) is 3.11. The fourth-order valence-electron chi connectivity index (χ4n) is 6.27. The third-order valence-electron chi connectivity index (χ3n) is 9.19. The summed E-state index contributed by atoms with van der Waals surface area (Å²) in [6.07, 6.45) is 5.06. The smallest absolute Gasteiger partial charge is 0.316 e. The molecule has 2 fully saturated rings. The van der Waals surface area contributed by atoms with Crippen LogP contribution in [0.25, 0.3) is 0 Å². The maximum Gasteiger partial charge on any atom is 0.316 e. The number of benzene rings is 2. The quantitative estimate of drug-likeness (QED) is 0.223. The topological polar surface area (TPSA) is 134 Å². The second kappa shape index (κ2) is 15.7. The standard InChI is InChI=1S/C36H40F2N8O3/c1-4-33(47)43-30-18-28(13-14-31(30)45-17-16-44(3)23(2)22-45)46(36(49)35(48)41-21-25-6-5-7-29(37)34(25)38)27-11-9-26(10-12-27)42-32-15-8-24(19-39)20-40-32/h4-8,13-15,18,20,23,26-27H,1,9-12,16-17,21-22H2,2-3H3,(H,40,42)(H,41,48)(H,43,47)/t23-,26?,27?/m0/s1. The summed E-state index contributed by atoms with van der Waals surface area (Å²) in [7, 11) is 2.06. The molecule has 1 saturated heterocycles. The van der Waals surface area contributed by atoms with E-state index in [4.69, 9.17) is 5.26 Å². The number of likely N-dealkylation sites (N-methyl/N-ethyl adjacent to an activating group) is 1. The van der Waals surface area contributed by atoms with E-state index in [1.165, 1.54) is 29.3 Å². The molecule has 3 amide bonds. The Bertz CT molecular complexity index is 1740. The Kier molecular flexibility index (Phi) is 11.2. The fourth-order valence-corrected chi connectivity index (χ4v) is 6.27. The van der Waals surface area contributed by atoms with Gasteiger partial charge in [-0.3, -0.25) is 14.4 Å². The van der Waals surface area contributed by atoms with Crippen molar-refractivity contribution in [3.8, 4) is 6.07 Å². The molecule has 2 heterocycles. The summed E-state index contributed by atoms with van der Waals surface area (Å²) in [6.45, 7) is 7.60. The number of anilines is 4. The number of amides is 3. The van der Waals surface area contributed by atoms with Crippen LogP contribution in [0.1, 0.15) is 43.7 Å². The highest BCUT2D eigenvalue weighted by Gasteiger charge is 2.34. The summed E-state index contributed by atoms with van der Waals surface area (Å²) in [5.74, 6) is -3.76. The number of hydrogen-bond donors (Lipinski definition) is 3. The number of aromatic nitrogens is 1. The highest BCUT2D eigenvalue weighted by Crippen LogP contribution is 2.36.